The van der Waals surface area contributed by atoms with Crippen LogP contribution in [0.3, 0.4) is 0 Å². The highest BCUT2D eigenvalue weighted by molar-refractivity contribution is 5.97. The molecule has 0 saturated heterocycles. The maximum Gasteiger partial charge on any atom is 0.163 e. The lowest BCUT2D eigenvalue weighted by Crippen LogP contribution is -2.22. The van der Waals surface area contributed by atoms with Gasteiger partial charge in [-0.15, -0.1) is 0 Å². The van der Waals surface area contributed by atoms with Gasteiger partial charge >= 0.3 is 0 Å². The zero-order valence-electron chi connectivity index (χ0n) is 8.99. The van der Waals surface area contributed by atoms with Crippen molar-refractivity contribution in [2.45, 2.75) is 32.1 Å². The normalized spacial score (nSPS) is 13.5. The lowest BCUT2D eigenvalue weighted by Gasteiger charge is -2.04. The molecule has 0 atom stereocenters. The summed E-state index contributed by atoms with van der Waals surface area (Å²) in [5.41, 5.74) is 3.18. The highest BCUT2D eigenvalue weighted by atomic mass is 16.4. The van der Waals surface area contributed by atoms with E-state index in [0.717, 1.165) is 19.3 Å². The minimum Gasteiger partial charge on any atom is -0.550 e. The number of Topliss-reactive ketones (excluding diaryl/α,β-unsaturated/α-hetero) is 1. The first-order valence-electron chi connectivity index (χ1n) is 5.51. The minimum absolute atomic E-state index is 0.0289. The zero-order chi connectivity index (χ0) is 11.5. The molecule has 0 fully saturated rings. The molecule has 1 aliphatic carbocycles. The molecule has 0 bridgehead atoms. The van der Waals surface area contributed by atoms with Crippen LogP contribution in [-0.4, -0.2) is 11.8 Å². The summed E-state index contributed by atoms with van der Waals surface area (Å²) in [6.07, 6.45) is 3.09. The van der Waals surface area contributed by atoms with Crippen molar-refractivity contribution in [3.8, 4) is 0 Å². The van der Waals surface area contributed by atoms with Crippen molar-refractivity contribution < 1.29 is 14.7 Å². The highest BCUT2D eigenvalue weighted by Gasteiger charge is 2.13. The van der Waals surface area contributed by atoms with Gasteiger partial charge in [-0.3, -0.25) is 4.79 Å². The number of hydrogen-bond donors (Lipinski definition) is 0. The van der Waals surface area contributed by atoms with E-state index in [1.54, 1.807) is 6.07 Å². The predicted molar refractivity (Wildman–Crippen MR) is 57.0 cm³/mol. The molecule has 0 unspecified atom stereocenters. The van der Waals surface area contributed by atoms with Crippen molar-refractivity contribution in [1.82, 2.24) is 0 Å². The molecule has 0 heterocycles. The minimum atomic E-state index is -1.17. The van der Waals surface area contributed by atoms with Gasteiger partial charge in [0.15, 0.2) is 5.78 Å². The van der Waals surface area contributed by atoms with Gasteiger partial charge in [0, 0.05) is 18.0 Å². The van der Waals surface area contributed by atoms with E-state index in [-0.39, 0.29) is 18.6 Å². The second kappa shape index (κ2) is 4.47. The Hall–Kier alpha value is -1.64. The van der Waals surface area contributed by atoms with E-state index in [1.807, 2.05) is 12.1 Å². The van der Waals surface area contributed by atoms with E-state index in [9.17, 15) is 14.7 Å². The fourth-order valence-electron chi connectivity index (χ4n) is 2.11. The SMILES string of the molecule is O=C([O-])CCC(=O)c1ccc2c(c1)CCC2. The zero-order valence-corrected chi connectivity index (χ0v) is 8.99. The number of aryl methyl sites for hydroxylation is 2. The van der Waals surface area contributed by atoms with Gasteiger partial charge in [-0.1, -0.05) is 12.1 Å². The number of rotatable bonds is 4. The summed E-state index contributed by atoms with van der Waals surface area (Å²) in [4.78, 5) is 21.9. The van der Waals surface area contributed by atoms with Crippen molar-refractivity contribution >= 4 is 11.8 Å². The van der Waals surface area contributed by atoms with Crippen molar-refractivity contribution in [2.75, 3.05) is 0 Å². The van der Waals surface area contributed by atoms with Crippen LogP contribution in [0.5, 0.6) is 0 Å². The highest BCUT2D eigenvalue weighted by Crippen LogP contribution is 2.23. The summed E-state index contributed by atoms with van der Waals surface area (Å²) < 4.78 is 0. The Morgan fingerprint density at radius 1 is 1.12 bits per heavy atom. The molecule has 0 radical (unpaired) electrons. The fourth-order valence-corrected chi connectivity index (χ4v) is 2.11. The van der Waals surface area contributed by atoms with Crippen LogP contribution in [0.4, 0.5) is 0 Å². The lowest BCUT2D eigenvalue weighted by atomic mass is 10.0. The molecule has 3 nitrogen and oxygen atoms in total. The van der Waals surface area contributed by atoms with E-state index >= 15 is 0 Å². The Kier molecular flexibility index (Phi) is 3.04. The third kappa shape index (κ3) is 2.30. The molecule has 2 rings (SSSR count). The Morgan fingerprint density at radius 2 is 1.88 bits per heavy atom. The number of carbonyl (C=O) groups is 2. The van der Waals surface area contributed by atoms with Crippen LogP contribution >= 0.6 is 0 Å². The Balaban J connectivity index is 2.09. The largest absolute Gasteiger partial charge is 0.550 e. The van der Waals surface area contributed by atoms with Crippen molar-refractivity contribution in [2.24, 2.45) is 0 Å². The van der Waals surface area contributed by atoms with Crippen molar-refractivity contribution in [1.29, 1.82) is 0 Å². The third-order valence-corrected chi connectivity index (χ3v) is 2.98. The molecule has 0 amide bonds. The van der Waals surface area contributed by atoms with E-state index < -0.39 is 5.97 Å². The number of hydrogen-bond acceptors (Lipinski definition) is 3. The average Bonchev–Trinajstić information content (AvgIpc) is 2.72. The fraction of sp³-hybridized carbons (Fsp3) is 0.385. The molecule has 0 spiro atoms. The molecule has 16 heavy (non-hydrogen) atoms. The van der Waals surface area contributed by atoms with E-state index in [0.29, 0.717) is 5.56 Å². The molecular weight excluding hydrogens is 204 g/mol. The Bertz CT molecular complexity index is 435. The van der Waals surface area contributed by atoms with Crippen LogP contribution in [0.1, 0.15) is 40.7 Å². The molecule has 0 aliphatic heterocycles. The Labute approximate surface area is 94.1 Å². The molecule has 0 aromatic heterocycles. The number of fused-ring (bicyclic) bond motifs is 1. The van der Waals surface area contributed by atoms with Gasteiger partial charge in [0.25, 0.3) is 0 Å². The maximum absolute atomic E-state index is 11.7. The summed E-state index contributed by atoms with van der Waals surface area (Å²) in [6, 6.07) is 5.68. The van der Waals surface area contributed by atoms with Crippen LogP contribution in [0.2, 0.25) is 0 Å². The number of ketones is 1. The second-order valence-electron chi connectivity index (χ2n) is 4.13. The standard InChI is InChI=1S/C13H14O3/c14-12(6-7-13(15)16)11-5-4-9-2-1-3-10(9)8-11/h4-5,8H,1-3,6-7H2,(H,15,16)/p-1. The van der Waals surface area contributed by atoms with Gasteiger partial charge in [-0.05, 0) is 42.9 Å². The quantitative estimate of drug-likeness (QED) is 0.704. The summed E-state index contributed by atoms with van der Waals surface area (Å²) in [7, 11) is 0. The van der Waals surface area contributed by atoms with Crippen LogP contribution in [0.15, 0.2) is 18.2 Å². The van der Waals surface area contributed by atoms with Gasteiger partial charge in [0.05, 0.1) is 0 Å². The molecular formula is C13H13O3-. The number of carboxylic acid groups (broad SMARTS) is 1. The second-order valence-corrected chi connectivity index (χ2v) is 4.13. The average molecular weight is 217 g/mol. The Morgan fingerprint density at radius 3 is 2.62 bits per heavy atom. The topological polar surface area (TPSA) is 57.2 Å². The molecule has 3 heteroatoms. The van der Waals surface area contributed by atoms with Gasteiger partial charge in [0.1, 0.15) is 0 Å². The molecule has 1 aromatic carbocycles. The van der Waals surface area contributed by atoms with Gasteiger partial charge in [-0.2, -0.15) is 0 Å². The summed E-state index contributed by atoms with van der Waals surface area (Å²) in [6.45, 7) is 0. The van der Waals surface area contributed by atoms with E-state index in [4.69, 9.17) is 0 Å². The summed E-state index contributed by atoms with van der Waals surface area (Å²) in [5, 5.41) is 10.3. The molecule has 0 N–H and O–H groups in total. The lowest BCUT2D eigenvalue weighted by molar-refractivity contribution is -0.305. The van der Waals surface area contributed by atoms with Crippen molar-refractivity contribution in [3.63, 3.8) is 0 Å². The molecule has 84 valence electrons. The summed E-state index contributed by atoms with van der Waals surface area (Å²) in [5.74, 6) is -1.28. The van der Waals surface area contributed by atoms with Gasteiger partial charge < -0.3 is 9.90 Å². The van der Waals surface area contributed by atoms with E-state index in [1.165, 1.54) is 11.1 Å². The van der Waals surface area contributed by atoms with Crippen LogP contribution in [0, 0.1) is 0 Å². The molecule has 1 aliphatic rings. The summed E-state index contributed by atoms with van der Waals surface area (Å²) >= 11 is 0. The van der Waals surface area contributed by atoms with Crippen LogP contribution < -0.4 is 5.11 Å². The number of aliphatic carboxylic acids is 1. The van der Waals surface area contributed by atoms with Gasteiger partial charge in [0.2, 0.25) is 0 Å². The van der Waals surface area contributed by atoms with Crippen LogP contribution in [-0.2, 0) is 17.6 Å². The first-order chi connectivity index (χ1) is 7.66. The smallest absolute Gasteiger partial charge is 0.163 e. The number of carbonyl (C=O) groups excluding carboxylic acids is 2. The van der Waals surface area contributed by atoms with E-state index in [2.05, 4.69) is 0 Å². The predicted octanol–water partition coefficient (Wildman–Crippen LogP) is 0.888. The first-order valence-corrected chi connectivity index (χ1v) is 5.51. The van der Waals surface area contributed by atoms with Gasteiger partial charge in [-0.25, -0.2) is 0 Å². The molecule has 1 aromatic rings. The monoisotopic (exact) mass is 217 g/mol. The van der Waals surface area contributed by atoms with Crippen LogP contribution in [0.25, 0.3) is 0 Å². The molecule has 0 saturated carbocycles. The third-order valence-electron chi connectivity index (χ3n) is 2.98. The first kappa shape index (κ1) is 10.9. The van der Waals surface area contributed by atoms with Crippen molar-refractivity contribution in [3.05, 3.63) is 34.9 Å². The number of benzene rings is 1. The maximum atomic E-state index is 11.7. The number of carboxylic acids is 1.